The molecule has 0 radical (unpaired) electrons. The van der Waals surface area contributed by atoms with E-state index in [2.05, 4.69) is 33.4 Å². The number of hydrogen-bond donors (Lipinski definition) is 2. The largest absolute Gasteiger partial charge is 0.314 e. The molecule has 0 amide bonds. The van der Waals surface area contributed by atoms with Gasteiger partial charge in [-0.15, -0.1) is 0 Å². The average molecular weight is 238 g/mol. The van der Waals surface area contributed by atoms with Gasteiger partial charge in [-0.1, -0.05) is 6.08 Å². The summed E-state index contributed by atoms with van der Waals surface area (Å²) < 4.78 is 0. The third-order valence-corrected chi connectivity index (χ3v) is 3.68. The van der Waals surface area contributed by atoms with Crippen molar-refractivity contribution in [2.45, 2.75) is 6.92 Å². The van der Waals surface area contributed by atoms with E-state index in [0.29, 0.717) is 0 Å². The summed E-state index contributed by atoms with van der Waals surface area (Å²) in [6, 6.07) is 0. The van der Waals surface area contributed by atoms with Gasteiger partial charge in [0.25, 0.3) is 0 Å². The molecule has 2 rings (SSSR count). The zero-order valence-corrected chi connectivity index (χ0v) is 11.0. The summed E-state index contributed by atoms with van der Waals surface area (Å²) in [6.07, 6.45) is 2.31. The molecule has 0 saturated carbocycles. The molecule has 4 nitrogen and oxygen atoms in total. The minimum atomic E-state index is 1.14. The van der Waals surface area contributed by atoms with Crippen LogP contribution in [0.5, 0.6) is 0 Å². The second-order valence-electron chi connectivity index (χ2n) is 5.00. The van der Waals surface area contributed by atoms with E-state index in [0.717, 1.165) is 39.3 Å². The Balaban J connectivity index is 1.75. The van der Waals surface area contributed by atoms with E-state index < -0.39 is 0 Å². The highest BCUT2D eigenvalue weighted by molar-refractivity contribution is 5.06. The standard InChI is InChI=1S/C13H26N4/c1-2-13(11-16-7-3-14-4-8-16)12-17-9-5-15-6-10-17/h2,14-15H,3-12H2,1H3. The molecule has 0 unspecified atom stereocenters. The third-order valence-electron chi connectivity index (χ3n) is 3.68. The van der Waals surface area contributed by atoms with Crippen LogP contribution in [0, 0.1) is 0 Å². The Morgan fingerprint density at radius 1 is 0.882 bits per heavy atom. The van der Waals surface area contributed by atoms with Crippen molar-refractivity contribution in [1.29, 1.82) is 0 Å². The normalized spacial score (nSPS) is 23.6. The number of rotatable bonds is 4. The summed E-state index contributed by atoms with van der Waals surface area (Å²) in [6.45, 7) is 13.8. The van der Waals surface area contributed by atoms with Gasteiger partial charge in [-0.2, -0.15) is 0 Å². The molecule has 0 aromatic carbocycles. The van der Waals surface area contributed by atoms with Crippen LogP contribution >= 0.6 is 0 Å². The van der Waals surface area contributed by atoms with Crippen molar-refractivity contribution in [3.63, 3.8) is 0 Å². The molecule has 98 valence electrons. The summed E-state index contributed by atoms with van der Waals surface area (Å²) in [5.41, 5.74) is 1.58. The van der Waals surface area contributed by atoms with E-state index in [-0.39, 0.29) is 0 Å². The van der Waals surface area contributed by atoms with Crippen LogP contribution in [0.25, 0.3) is 0 Å². The summed E-state index contributed by atoms with van der Waals surface area (Å²) in [5, 5.41) is 6.82. The van der Waals surface area contributed by atoms with E-state index in [1.165, 1.54) is 26.2 Å². The highest BCUT2D eigenvalue weighted by Gasteiger charge is 2.14. The molecule has 0 aromatic rings. The first-order valence-corrected chi connectivity index (χ1v) is 6.88. The molecule has 0 spiro atoms. The maximum atomic E-state index is 3.41. The van der Waals surface area contributed by atoms with Crippen LogP contribution in [0.1, 0.15) is 6.92 Å². The molecule has 2 aliphatic heterocycles. The van der Waals surface area contributed by atoms with Crippen LogP contribution in [0.3, 0.4) is 0 Å². The van der Waals surface area contributed by atoms with Crippen molar-refractivity contribution in [1.82, 2.24) is 20.4 Å². The molecule has 2 aliphatic rings. The van der Waals surface area contributed by atoms with Gasteiger partial charge in [0.05, 0.1) is 0 Å². The summed E-state index contributed by atoms with van der Waals surface area (Å²) in [4.78, 5) is 5.13. The van der Waals surface area contributed by atoms with Crippen LogP contribution in [0.2, 0.25) is 0 Å². The van der Waals surface area contributed by atoms with Crippen LogP contribution in [-0.4, -0.2) is 75.2 Å². The minimum Gasteiger partial charge on any atom is -0.314 e. The van der Waals surface area contributed by atoms with Gasteiger partial charge in [-0.25, -0.2) is 0 Å². The number of nitrogens with one attached hydrogen (secondary N) is 2. The van der Waals surface area contributed by atoms with Gasteiger partial charge in [0.1, 0.15) is 0 Å². The van der Waals surface area contributed by atoms with E-state index >= 15 is 0 Å². The Kier molecular flexibility index (Phi) is 5.45. The lowest BCUT2D eigenvalue weighted by Gasteiger charge is -2.32. The van der Waals surface area contributed by atoms with Gasteiger partial charge in [0.15, 0.2) is 0 Å². The first kappa shape index (κ1) is 13.0. The van der Waals surface area contributed by atoms with Crippen molar-refractivity contribution in [3.05, 3.63) is 11.6 Å². The van der Waals surface area contributed by atoms with Gasteiger partial charge < -0.3 is 10.6 Å². The van der Waals surface area contributed by atoms with Crippen LogP contribution in [-0.2, 0) is 0 Å². The van der Waals surface area contributed by atoms with Gasteiger partial charge in [0, 0.05) is 65.4 Å². The Morgan fingerprint density at radius 3 is 1.65 bits per heavy atom. The van der Waals surface area contributed by atoms with Gasteiger partial charge in [-0.05, 0) is 12.5 Å². The molecule has 0 aliphatic carbocycles. The molecular formula is C13H26N4. The predicted molar refractivity (Wildman–Crippen MR) is 72.4 cm³/mol. The molecule has 4 heteroatoms. The number of piperazine rings is 2. The van der Waals surface area contributed by atoms with Crippen LogP contribution < -0.4 is 10.6 Å². The second kappa shape index (κ2) is 7.11. The van der Waals surface area contributed by atoms with E-state index in [1.807, 2.05) is 0 Å². The van der Waals surface area contributed by atoms with Gasteiger partial charge in [-0.3, -0.25) is 9.80 Å². The zero-order valence-electron chi connectivity index (χ0n) is 11.0. The smallest absolute Gasteiger partial charge is 0.0206 e. The lowest BCUT2D eigenvalue weighted by molar-refractivity contribution is 0.230. The molecule has 17 heavy (non-hydrogen) atoms. The molecule has 2 fully saturated rings. The van der Waals surface area contributed by atoms with Crippen molar-refractivity contribution in [2.75, 3.05) is 65.4 Å². The molecule has 2 heterocycles. The lowest BCUT2D eigenvalue weighted by Crippen LogP contribution is -2.47. The summed E-state index contributed by atoms with van der Waals surface area (Å²) >= 11 is 0. The number of hydrogen-bond acceptors (Lipinski definition) is 4. The Labute approximate surface area is 105 Å². The maximum absolute atomic E-state index is 3.41. The van der Waals surface area contributed by atoms with E-state index in [1.54, 1.807) is 5.57 Å². The number of allylic oxidation sites excluding steroid dienone is 1. The first-order valence-electron chi connectivity index (χ1n) is 6.88. The lowest BCUT2D eigenvalue weighted by atomic mass is 10.2. The monoisotopic (exact) mass is 238 g/mol. The SMILES string of the molecule is CC=C(CN1CCNCC1)CN1CCNCC1. The fourth-order valence-electron chi connectivity index (χ4n) is 2.55. The average Bonchev–Trinajstić information content (AvgIpc) is 2.40. The molecule has 0 bridgehead atoms. The molecule has 0 aromatic heterocycles. The molecular weight excluding hydrogens is 212 g/mol. The topological polar surface area (TPSA) is 30.5 Å². The van der Waals surface area contributed by atoms with E-state index in [4.69, 9.17) is 0 Å². The number of nitrogens with zero attached hydrogens (tertiary/aromatic N) is 2. The Hall–Kier alpha value is -0.420. The molecule has 2 N–H and O–H groups in total. The van der Waals surface area contributed by atoms with E-state index in [9.17, 15) is 0 Å². The maximum Gasteiger partial charge on any atom is 0.0206 e. The van der Waals surface area contributed by atoms with Crippen molar-refractivity contribution in [3.8, 4) is 0 Å². The molecule has 2 saturated heterocycles. The van der Waals surface area contributed by atoms with Gasteiger partial charge in [0.2, 0.25) is 0 Å². The zero-order chi connectivity index (χ0) is 11.9. The summed E-state index contributed by atoms with van der Waals surface area (Å²) in [5.74, 6) is 0. The van der Waals surface area contributed by atoms with Crippen LogP contribution in [0.4, 0.5) is 0 Å². The minimum absolute atomic E-state index is 1.14. The second-order valence-corrected chi connectivity index (χ2v) is 5.00. The Morgan fingerprint density at radius 2 is 1.29 bits per heavy atom. The fraction of sp³-hybridized carbons (Fsp3) is 0.846. The predicted octanol–water partition coefficient (Wildman–Crippen LogP) is -0.257. The Bertz CT molecular complexity index is 218. The van der Waals surface area contributed by atoms with Crippen molar-refractivity contribution in [2.24, 2.45) is 0 Å². The quantitative estimate of drug-likeness (QED) is 0.661. The summed E-state index contributed by atoms with van der Waals surface area (Å²) in [7, 11) is 0. The van der Waals surface area contributed by atoms with Crippen LogP contribution in [0.15, 0.2) is 11.6 Å². The highest BCUT2D eigenvalue weighted by Crippen LogP contribution is 2.05. The molecule has 0 atom stereocenters. The fourth-order valence-corrected chi connectivity index (χ4v) is 2.55. The highest BCUT2D eigenvalue weighted by atomic mass is 15.2. The third kappa shape index (κ3) is 4.39. The van der Waals surface area contributed by atoms with Gasteiger partial charge >= 0.3 is 0 Å². The first-order chi connectivity index (χ1) is 8.38. The van der Waals surface area contributed by atoms with Crippen molar-refractivity contribution >= 4 is 0 Å². The van der Waals surface area contributed by atoms with Crippen molar-refractivity contribution < 1.29 is 0 Å².